The maximum absolute atomic E-state index is 11.4. The Balaban J connectivity index is 2.64. The van der Waals surface area contributed by atoms with Crippen molar-refractivity contribution < 1.29 is 8.42 Å². The highest BCUT2D eigenvalue weighted by Gasteiger charge is 2.21. The molecule has 0 atom stereocenters. The summed E-state index contributed by atoms with van der Waals surface area (Å²) in [6.07, 6.45) is 1.85. The molecule has 8 heteroatoms. The van der Waals surface area contributed by atoms with Crippen LogP contribution < -0.4 is 5.32 Å². The monoisotopic (exact) mass is 407 g/mol. The molecule has 142 valence electrons. The molecule has 0 aliphatic rings. The summed E-state index contributed by atoms with van der Waals surface area (Å²) in [6, 6.07) is 5.54. The molecule has 5 nitrogen and oxygen atoms in total. The van der Waals surface area contributed by atoms with E-state index in [4.69, 9.17) is 23.2 Å². The minimum atomic E-state index is -2.96. The van der Waals surface area contributed by atoms with Crippen molar-refractivity contribution in [2.45, 2.75) is 26.8 Å². The fourth-order valence-corrected chi connectivity index (χ4v) is 3.48. The van der Waals surface area contributed by atoms with Crippen LogP contribution in [0.15, 0.2) is 23.2 Å². The lowest BCUT2D eigenvalue weighted by Gasteiger charge is -2.29. The molecule has 1 aromatic carbocycles. The second kappa shape index (κ2) is 9.10. The van der Waals surface area contributed by atoms with Gasteiger partial charge in [0.1, 0.15) is 9.84 Å². The molecule has 0 aliphatic carbocycles. The van der Waals surface area contributed by atoms with Crippen molar-refractivity contribution in [3.8, 4) is 0 Å². The van der Waals surface area contributed by atoms with Crippen LogP contribution in [0.4, 0.5) is 0 Å². The van der Waals surface area contributed by atoms with Gasteiger partial charge >= 0.3 is 0 Å². The topological polar surface area (TPSA) is 61.8 Å². The summed E-state index contributed by atoms with van der Waals surface area (Å²) < 4.78 is 22.7. The van der Waals surface area contributed by atoms with Crippen LogP contribution in [0.1, 0.15) is 25.8 Å². The first-order chi connectivity index (χ1) is 11.4. The Morgan fingerprint density at radius 2 is 1.92 bits per heavy atom. The van der Waals surface area contributed by atoms with Crippen LogP contribution in [0.2, 0.25) is 10.0 Å². The number of benzene rings is 1. The number of nitrogens with zero attached hydrogens (tertiary/aromatic N) is 2. The van der Waals surface area contributed by atoms with Crippen molar-refractivity contribution in [3.05, 3.63) is 33.8 Å². The second-order valence-corrected chi connectivity index (χ2v) is 10.1. The van der Waals surface area contributed by atoms with Gasteiger partial charge in [-0.2, -0.15) is 0 Å². The fourth-order valence-electron chi connectivity index (χ4n) is 2.24. The van der Waals surface area contributed by atoms with Gasteiger partial charge in [-0.15, -0.1) is 0 Å². The minimum Gasteiger partial charge on any atom is -0.356 e. The maximum Gasteiger partial charge on any atom is 0.193 e. The van der Waals surface area contributed by atoms with Gasteiger partial charge in [0.2, 0.25) is 0 Å². The zero-order chi connectivity index (χ0) is 19.3. The third kappa shape index (κ3) is 8.29. The number of sulfone groups is 1. The molecule has 0 bridgehead atoms. The highest BCUT2D eigenvalue weighted by Crippen LogP contribution is 2.23. The van der Waals surface area contributed by atoms with Crippen LogP contribution in [0, 0.1) is 5.41 Å². The Kier molecular flexibility index (Phi) is 8.03. The molecule has 1 N–H and O–H groups in total. The van der Waals surface area contributed by atoms with E-state index < -0.39 is 9.84 Å². The molecule has 0 fully saturated rings. The van der Waals surface area contributed by atoms with Crippen LogP contribution in [-0.4, -0.2) is 51.9 Å². The Bertz CT molecular complexity index is 719. The molecule has 0 spiro atoms. The van der Waals surface area contributed by atoms with E-state index in [0.29, 0.717) is 29.6 Å². The van der Waals surface area contributed by atoms with Crippen molar-refractivity contribution in [2.75, 3.05) is 32.6 Å². The van der Waals surface area contributed by atoms with Crippen molar-refractivity contribution in [1.29, 1.82) is 0 Å². The molecular weight excluding hydrogens is 381 g/mol. The molecule has 0 heterocycles. The average molecular weight is 408 g/mol. The third-order valence-corrected chi connectivity index (χ3v) is 5.54. The second-order valence-electron chi connectivity index (χ2n) is 7.05. The average Bonchev–Trinajstić information content (AvgIpc) is 2.49. The summed E-state index contributed by atoms with van der Waals surface area (Å²) >= 11 is 12.0. The summed E-state index contributed by atoms with van der Waals surface area (Å²) in [7, 11) is 0.694. The largest absolute Gasteiger partial charge is 0.356 e. The summed E-state index contributed by atoms with van der Waals surface area (Å²) in [5.41, 5.74) is 0.861. The van der Waals surface area contributed by atoms with E-state index in [1.807, 2.05) is 37.9 Å². The van der Waals surface area contributed by atoms with Gasteiger partial charge in [-0.3, -0.25) is 4.99 Å². The summed E-state index contributed by atoms with van der Waals surface area (Å²) in [6.45, 7) is 5.33. The van der Waals surface area contributed by atoms with E-state index in [1.165, 1.54) is 6.26 Å². The molecule has 0 saturated carbocycles. The van der Waals surface area contributed by atoms with Crippen LogP contribution in [0.3, 0.4) is 0 Å². The standard InChI is InChI=1S/C17H27Cl2N3O2S/c1-17(2,8-9-25(5,23)24)12-21-16(20-3)22(4)11-13-6-7-14(18)15(19)10-13/h6-7,10H,8-9,11-12H2,1-5H3,(H,20,21). The van der Waals surface area contributed by atoms with E-state index in [-0.39, 0.29) is 11.2 Å². The number of guanidine groups is 1. The van der Waals surface area contributed by atoms with Crippen molar-refractivity contribution in [3.63, 3.8) is 0 Å². The quantitative estimate of drug-likeness (QED) is 0.555. The highest BCUT2D eigenvalue weighted by atomic mass is 35.5. The van der Waals surface area contributed by atoms with Gasteiger partial charge < -0.3 is 10.2 Å². The van der Waals surface area contributed by atoms with E-state index in [0.717, 1.165) is 11.5 Å². The zero-order valence-electron chi connectivity index (χ0n) is 15.4. The number of halogens is 2. The van der Waals surface area contributed by atoms with Crippen molar-refractivity contribution in [1.82, 2.24) is 10.2 Å². The van der Waals surface area contributed by atoms with Gasteiger partial charge in [-0.05, 0) is 29.5 Å². The SMILES string of the molecule is CN=C(NCC(C)(C)CCS(C)(=O)=O)N(C)Cc1ccc(Cl)c(Cl)c1. The molecule has 0 aliphatic heterocycles. The lowest BCUT2D eigenvalue weighted by Crippen LogP contribution is -2.43. The number of hydrogen-bond acceptors (Lipinski definition) is 3. The van der Waals surface area contributed by atoms with E-state index in [9.17, 15) is 8.42 Å². The van der Waals surface area contributed by atoms with Crippen LogP contribution in [0.25, 0.3) is 0 Å². The number of aliphatic imine (C=N–C) groups is 1. The molecule has 0 unspecified atom stereocenters. The van der Waals surface area contributed by atoms with E-state index in [2.05, 4.69) is 10.3 Å². The summed E-state index contributed by atoms with van der Waals surface area (Å²) in [4.78, 5) is 6.27. The zero-order valence-corrected chi connectivity index (χ0v) is 17.8. The summed E-state index contributed by atoms with van der Waals surface area (Å²) in [5.74, 6) is 0.915. The molecule has 25 heavy (non-hydrogen) atoms. The number of nitrogens with one attached hydrogen (secondary N) is 1. The van der Waals surface area contributed by atoms with E-state index >= 15 is 0 Å². The fraction of sp³-hybridized carbons (Fsp3) is 0.588. The Morgan fingerprint density at radius 1 is 1.28 bits per heavy atom. The molecule has 1 aromatic rings. The Morgan fingerprint density at radius 3 is 2.44 bits per heavy atom. The Hall–Kier alpha value is -0.980. The summed E-state index contributed by atoms with van der Waals surface area (Å²) in [5, 5.41) is 4.37. The van der Waals surface area contributed by atoms with Gasteiger partial charge in [-0.25, -0.2) is 8.42 Å². The lowest BCUT2D eigenvalue weighted by atomic mass is 9.90. The predicted molar refractivity (Wildman–Crippen MR) is 107 cm³/mol. The van der Waals surface area contributed by atoms with Crippen LogP contribution in [-0.2, 0) is 16.4 Å². The Labute approximate surface area is 161 Å². The van der Waals surface area contributed by atoms with Crippen molar-refractivity contribution >= 4 is 39.0 Å². The van der Waals surface area contributed by atoms with Gasteiger partial charge in [0.15, 0.2) is 5.96 Å². The third-order valence-electron chi connectivity index (χ3n) is 3.85. The maximum atomic E-state index is 11.4. The highest BCUT2D eigenvalue weighted by molar-refractivity contribution is 7.90. The first kappa shape index (κ1) is 22.1. The van der Waals surface area contributed by atoms with Gasteiger partial charge in [0.25, 0.3) is 0 Å². The lowest BCUT2D eigenvalue weighted by molar-refractivity contribution is 0.340. The predicted octanol–water partition coefficient (Wildman–Crippen LogP) is 3.46. The molecule has 0 amide bonds. The smallest absolute Gasteiger partial charge is 0.193 e. The van der Waals surface area contributed by atoms with Gasteiger partial charge in [0, 0.05) is 33.4 Å². The molecular formula is C17H27Cl2N3O2S. The first-order valence-electron chi connectivity index (χ1n) is 7.97. The number of hydrogen-bond donors (Lipinski definition) is 1. The number of rotatable bonds is 7. The molecule has 0 aromatic heterocycles. The van der Waals surface area contributed by atoms with Crippen LogP contribution in [0.5, 0.6) is 0 Å². The normalized spacial score (nSPS) is 13.0. The molecule has 0 radical (unpaired) electrons. The first-order valence-corrected chi connectivity index (χ1v) is 10.8. The van der Waals surface area contributed by atoms with Crippen LogP contribution >= 0.6 is 23.2 Å². The minimum absolute atomic E-state index is 0.163. The van der Waals surface area contributed by atoms with Crippen molar-refractivity contribution in [2.24, 2.45) is 10.4 Å². The van der Waals surface area contributed by atoms with E-state index in [1.54, 1.807) is 13.1 Å². The molecule has 0 saturated heterocycles. The van der Waals surface area contributed by atoms with Gasteiger partial charge in [-0.1, -0.05) is 43.1 Å². The van der Waals surface area contributed by atoms with Gasteiger partial charge in [0.05, 0.1) is 15.8 Å². The molecule has 1 rings (SSSR count).